The van der Waals surface area contributed by atoms with Crippen molar-refractivity contribution in [3.63, 3.8) is 0 Å². The van der Waals surface area contributed by atoms with Gasteiger partial charge in [-0.2, -0.15) is 0 Å². The first kappa shape index (κ1) is 17.0. The number of aliphatic hydroxyl groups is 1. The van der Waals surface area contributed by atoms with E-state index >= 15 is 0 Å². The second-order valence-electron chi connectivity index (χ2n) is 6.59. The molecule has 1 amide bonds. The molecule has 0 aromatic heterocycles. The quantitative estimate of drug-likeness (QED) is 0.721. The van der Waals surface area contributed by atoms with Crippen molar-refractivity contribution in [1.29, 1.82) is 0 Å². The van der Waals surface area contributed by atoms with Crippen LogP contribution in [-0.4, -0.2) is 30.2 Å². The van der Waals surface area contributed by atoms with Crippen molar-refractivity contribution in [3.05, 3.63) is 35.9 Å². The Hall–Kier alpha value is -1.39. The highest BCUT2D eigenvalue weighted by Crippen LogP contribution is 2.38. The molecule has 1 atom stereocenters. The summed E-state index contributed by atoms with van der Waals surface area (Å²) < 4.78 is 0. The number of benzene rings is 1. The largest absolute Gasteiger partial charge is 0.391 e. The summed E-state index contributed by atoms with van der Waals surface area (Å²) in [4.78, 5) is 12.2. The van der Waals surface area contributed by atoms with E-state index in [1.807, 2.05) is 30.3 Å². The smallest absolute Gasteiger partial charge is 0.220 e. The van der Waals surface area contributed by atoms with Gasteiger partial charge in [-0.1, -0.05) is 49.6 Å². The lowest BCUT2D eigenvalue weighted by Crippen LogP contribution is -2.40. The summed E-state index contributed by atoms with van der Waals surface area (Å²) in [7, 11) is 0. The predicted molar refractivity (Wildman–Crippen MR) is 88.4 cm³/mol. The van der Waals surface area contributed by atoms with Gasteiger partial charge in [0.2, 0.25) is 5.91 Å². The highest BCUT2D eigenvalue weighted by atomic mass is 16.3. The minimum atomic E-state index is -0.550. The molecule has 4 heteroatoms. The van der Waals surface area contributed by atoms with Crippen molar-refractivity contribution < 1.29 is 9.90 Å². The van der Waals surface area contributed by atoms with Crippen LogP contribution >= 0.6 is 0 Å². The maximum atomic E-state index is 12.2. The maximum absolute atomic E-state index is 12.2. The van der Waals surface area contributed by atoms with E-state index in [0.717, 1.165) is 18.4 Å². The van der Waals surface area contributed by atoms with Gasteiger partial charge in [0, 0.05) is 19.4 Å². The van der Waals surface area contributed by atoms with Gasteiger partial charge in [0.05, 0.1) is 6.10 Å². The first-order chi connectivity index (χ1) is 10.6. The van der Waals surface area contributed by atoms with E-state index < -0.39 is 6.10 Å². The molecular formula is C18H28N2O2. The Morgan fingerprint density at radius 1 is 1.23 bits per heavy atom. The summed E-state index contributed by atoms with van der Waals surface area (Å²) in [6, 6.07) is 9.82. The van der Waals surface area contributed by atoms with Gasteiger partial charge < -0.3 is 16.2 Å². The van der Waals surface area contributed by atoms with Gasteiger partial charge in [-0.3, -0.25) is 4.79 Å². The number of hydrogen-bond donors (Lipinski definition) is 3. The lowest BCUT2D eigenvalue weighted by atomic mass is 9.71. The van der Waals surface area contributed by atoms with Gasteiger partial charge in [-0.15, -0.1) is 0 Å². The van der Waals surface area contributed by atoms with Crippen LogP contribution in [-0.2, 0) is 11.2 Å². The van der Waals surface area contributed by atoms with Crippen molar-refractivity contribution in [2.75, 3.05) is 13.1 Å². The Labute approximate surface area is 133 Å². The van der Waals surface area contributed by atoms with Crippen LogP contribution < -0.4 is 11.1 Å². The third kappa shape index (κ3) is 5.11. The lowest BCUT2D eigenvalue weighted by Gasteiger charge is -2.35. The van der Waals surface area contributed by atoms with Crippen LogP contribution in [0.2, 0.25) is 0 Å². The molecule has 4 nitrogen and oxygen atoms in total. The Morgan fingerprint density at radius 3 is 2.55 bits per heavy atom. The van der Waals surface area contributed by atoms with Crippen molar-refractivity contribution in [1.82, 2.24) is 5.32 Å². The molecule has 1 unspecified atom stereocenters. The molecule has 1 aromatic rings. The zero-order valence-corrected chi connectivity index (χ0v) is 13.3. The number of carbonyl (C=O) groups is 1. The van der Waals surface area contributed by atoms with E-state index in [-0.39, 0.29) is 11.3 Å². The standard InChI is InChI=1S/C18H28N2O2/c19-14-18(9-5-2-6-10-18)12-17(22)20-13-16(21)11-15-7-3-1-4-8-15/h1,3-4,7-8,16,21H,2,5-6,9-14,19H2,(H,20,22). The molecule has 1 aliphatic carbocycles. The highest BCUT2D eigenvalue weighted by Gasteiger charge is 2.32. The Morgan fingerprint density at radius 2 is 1.91 bits per heavy atom. The van der Waals surface area contributed by atoms with Crippen LogP contribution in [0.4, 0.5) is 0 Å². The van der Waals surface area contributed by atoms with Gasteiger partial charge >= 0.3 is 0 Å². The molecule has 1 aliphatic rings. The topological polar surface area (TPSA) is 75.4 Å². The van der Waals surface area contributed by atoms with Gasteiger partial charge in [0.1, 0.15) is 0 Å². The maximum Gasteiger partial charge on any atom is 0.220 e. The van der Waals surface area contributed by atoms with E-state index in [1.54, 1.807) is 0 Å². The number of carbonyl (C=O) groups excluding carboxylic acids is 1. The zero-order valence-electron chi connectivity index (χ0n) is 13.3. The molecule has 122 valence electrons. The second kappa shape index (κ2) is 8.30. The van der Waals surface area contributed by atoms with Crippen LogP contribution in [0.25, 0.3) is 0 Å². The molecule has 0 saturated heterocycles. The third-order valence-corrected chi connectivity index (χ3v) is 4.73. The number of nitrogens with two attached hydrogens (primary N) is 1. The van der Waals surface area contributed by atoms with Crippen LogP contribution in [0.5, 0.6) is 0 Å². The number of aliphatic hydroxyl groups excluding tert-OH is 1. The van der Waals surface area contributed by atoms with E-state index in [4.69, 9.17) is 5.73 Å². The molecule has 1 aromatic carbocycles. The van der Waals surface area contributed by atoms with Crippen LogP contribution in [0, 0.1) is 5.41 Å². The Bertz CT molecular complexity index is 455. The van der Waals surface area contributed by atoms with Crippen molar-refractivity contribution in [3.8, 4) is 0 Å². The molecule has 0 radical (unpaired) electrons. The summed E-state index contributed by atoms with van der Waals surface area (Å²) in [6.45, 7) is 0.876. The van der Waals surface area contributed by atoms with Gasteiger partial charge in [0.25, 0.3) is 0 Å². The van der Waals surface area contributed by atoms with Crippen molar-refractivity contribution >= 4 is 5.91 Å². The molecule has 0 heterocycles. The van der Waals surface area contributed by atoms with E-state index in [1.165, 1.54) is 19.3 Å². The van der Waals surface area contributed by atoms with Crippen LogP contribution in [0.1, 0.15) is 44.1 Å². The first-order valence-corrected chi connectivity index (χ1v) is 8.32. The monoisotopic (exact) mass is 304 g/mol. The van der Waals surface area contributed by atoms with E-state index in [9.17, 15) is 9.90 Å². The molecule has 0 bridgehead atoms. The first-order valence-electron chi connectivity index (χ1n) is 8.32. The molecular weight excluding hydrogens is 276 g/mol. The molecule has 0 aliphatic heterocycles. The van der Waals surface area contributed by atoms with Gasteiger partial charge in [-0.25, -0.2) is 0 Å². The fourth-order valence-corrected chi connectivity index (χ4v) is 3.35. The average molecular weight is 304 g/mol. The van der Waals surface area contributed by atoms with Crippen molar-refractivity contribution in [2.45, 2.75) is 51.0 Å². The second-order valence-corrected chi connectivity index (χ2v) is 6.59. The highest BCUT2D eigenvalue weighted by molar-refractivity contribution is 5.76. The molecule has 2 rings (SSSR count). The minimum absolute atomic E-state index is 0.0134. The van der Waals surface area contributed by atoms with Crippen LogP contribution in [0.3, 0.4) is 0 Å². The summed E-state index contributed by atoms with van der Waals surface area (Å²) >= 11 is 0. The Balaban J connectivity index is 1.74. The van der Waals surface area contributed by atoms with Gasteiger partial charge in [-0.05, 0) is 30.4 Å². The summed E-state index contributed by atoms with van der Waals surface area (Å²) in [5.41, 5.74) is 6.97. The fourth-order valence-electron chi connectivity index (χ4n) is 3.35. The Kier molecular flexibility index (Phi) is 6.40. The molecule has 0 spiro atoms. The number of rotatable bonds is 7. The molecule has 22 heavy (non-hydrogen) atoms. The van der Waals surface area contributed by atoms with E-state index in [0.29, 0.717) is 25.9 Å². The molecule has 1 fully saturated rings. The summed E-state index contributed by atoms with van der Waals surface area (Å²) in [5, 5.41) is 12.9. The fraction of sp³-hybridized carbons (Fsp3) is 0.611. The van der Waals surface area contributed by atoms with Crippen LogP contribution in [0.15, 0.2) is 30.3 Å². The third-order valence-electron chi connectivity index (χ3n) is 4.73. The summed E-state index contributed by atoms with van der Waals surface area (Å²) in [5.74, 6) is 0.0134. The average Bonchev–Trinajstić information content (AvgIpc) is 2.55. The normalized spacial score (nSPS) is 18.6. The van der Waals surface area contributed by atoms with Gasteiger partial charge in [0.15, 0.2) is 0 Å². The molecule has 4 N–H and O–H groups in total. The summed E-state index contributed by atoms with van der Waals surface area (Å²) in [6.07, 6.45) is 6.17. The number of hydrogen-bond acceptors (Lipinski definition) is 3. The zero-order chi connectivity index (χ0) is 15.8. The SMILES string of the molecule is NCC1(CC(=O)NCC(O)Cc2ccccc2)CCCCC1. The van der Waals surface area contributed by atoms with E-state index in [2.05, 4.69) is 5.32 Å². The predicted octanol–water partition coefficient (Wildman–Crippen LogP) is 2.01. The molecule has 1 saturated carbocycles. The van der Waals surface area contributed by atoms with Crippen molar-refractivity contribution in [2.24, 2.45) is 11.1 Å². The minimum Gasteiger partial charge on any atom is -0.391 e. The lowest BCUT2D eigenvalue weighted by molar-refractivity contribution is -0.124. The number of nitrogens with one attached hydrogen (secondary N) is 1. The number of amides is 1.